The molecule has 0 spiro atoms. The topological polar surface area (TPSA) is 67.1 Å². The van der Waals surface area contributed by atoms with E-state index in [1.165, 1.54) is 13.0 Å². The number of aromatic nitrogens is 1. The van der Waals surface area contributed by atoms with Crippen molar-refractivity contribution in [2.75, 3.05) is 5.32 Å². The number of hydrogen-bond donors (Lipinski definition) is 1. The first-order valence-electron chi connectivity index (χ1n) is 8.63. The lowest BCUT2D eigenvalue weighted by Gasteiger charge is -2.10. The lowest BCUT2D eigenvalue weighted by Crippen LogP contribution is -2.40. The van der Waals surface area contributed by atoms with Gasteiger partial charge in [-0.2, -0.15) is 4.57 Å². The van der Waals surface area contributed by atoms with Gasteiger partial charge in [0, 0.05) is 22.2 Å². The number of ketones is 2. The number of rotatable bonds is 6. The third kappa shape index (κ3) is 4.69. The Hall–Kier alpha value is -3.31. The molecule has 3 rings (SSSR count). The number of amides is 1. The minimum absolute atomic E-state index is 0.00269. The normalized spacial score (nSPS) is 10.4. The Kier molecular flexibility index (Phi) is 5.96. The van der Waals surface area contributed by atoms with Crippen LogP contribution < -0.4 is 9.88 Å². The summed E-state index contributed by atoms with van der Waals surface area (Å²) in [5, 5.41) is 3.16. The van der Waals surface area contributed by atoms with E-state index in [4.69, 9.17) is 11.6 Å². The van der Waals surface area contributed by atoms with Gasteiger partial charge in [-0.25, -0.2) is 0 Å². The lowest BCUT2D eigenvalue weighted by atomic mass is 10.0. The second-order valence-corrected chi connectivity index (χ2v) is 6.69. The van der Waals surface area contributed by atoms with Crippen molar-refractivity contribution in [3.63, 3.8) is 0 Å². The Morgan fingerprint density at radius 1 is 0.964 bits per heavy atom. The van der Waals surface area contributed by atoms with Crippen LogP contribution in [0.3, 0.4) is 0 Å². The molecule has 1 heterocycles. The molecule has 0 saturated heterocycles. The van der Waals surface area contributed by atoms with Crippen molar-refractivity contribution in [2.45, 2.75) is 13.5 Å². The standard InChI is InChI=1S/C22H17ClN2O3/c1-15(26)17-8-5-11-25(13-17)14-21(27)24-20-10-9-18(23)12-19(20)22(28)16-6-3-2-4-7-16/h2-13H,14H2,1H3/p+1. The van der Waals surface area contributed by atoms with Gasteiger partial charge in [-0.3, -0.25) is 14.4 Å². The molecule has 2 aromatic carbocycles. The quantitative estimate of drug-likeness (QED) is 0.513. The highest BCUT2D eigenvalue weighted by Gasteiger charge is 2.18. The molecule has 0 atom stereocenters. The van der Waals surface area contributed by atoms with Crippen LogP contribution in [0, 0.1) is 0 Å². The molecular formula is C22H18ClN2O3+. The summed E-state index contributed by atoms with van der Waals surface area (Å²) in [4.78, 5) is 36.8. The molecule has 0 saturated carbocycles. The summed E-state index contributed by atoms with van der Waals surface area (Å²) < 4.78 is 1.61. The Morgan fingerprint density at radius 2 is 1.68 bits per heavy atom. The number of carbonyl (C=O) groups excluding carboxylic acids is 3. The maximum atomic E-state index is 12.8. The van der Waals surface area contributed by atoms with Gasteiger partial charge >= 0.3 is 0 Å². The van der Waals surface area contributed by atoms with Crippen molar-refractivity contribution < 1.29 is 19.0 Å². The maximum Gasteiger partial charge on any atom is 0.290 e. The number of hydrogen-bond acceptors (Lipinski definition) is 3. The van der Waals surface area contributed by atoms with Crippen LogP contribution in [0.5, 0.6) is 0 Å². The van der Waals surface area contributed by atoms with Crippen LogP contribution in [0.25, 0.3) is 0 Å². The Labute approximate surface area is 167 Å². The molecule has 6 heteroatoms. The van der Waals surface area contributed by atoms with Gasteiger partial charge in [0.2, 0.25) is 6.54 Å². The van der Waals surface area contributed by atoms with E-state index in [2.05, 4.69) is 5.32 Å². The fourth-order valence-corrected chi connectivity index (χ4v) is 2.91. The van der Waals surface area contributed by atoms with E-state index in [0.717, 1.165) is 0 Å². The Bertz CT molecular complexity index is 1050. The second kappa shape index (κ2) is 8.59. The van der Waals surface area contributed by atoms with Gasteiger partial charge in [0.05, 0.1) is 11.3 Å². The van der Waals surface area contributed by atoms with Crippen LogP contribution in [0.1, 0.15) is 33.2 Å². The number of anilines is 1. The molecule has 28 heavy (non-hydrogen) atoms. The molecule has 1 amide bonds. The highest BCUT2D eigenvalue weighted by Crippen LogP contribution is 2.23. The summed E-state index contributed by atoms with van der Waals surface area (Å²) in [6.45, 7) is 1.47. The zero-order chi connectivity index (χ0) is 20.1. The first kappa shape index (κ1) is 19.5. The van der Waals surface area contributed by atoms with Crippen molar-refractivity contribution in [1.29, 1.82) is 0 Å². The number of carbonyl (C=O) groups is 3. The monoisotopic (exact) mass is 393 g/mol. The third-order valence-corrected chi connectivity index (χ3v) is 4.36. The van der Waals surface area contributed by atoms with Crippen molar-refractivity contribution in [3.05, 3.63) is 94.8 Å². The fourth-order valence-electron chi connectivity index (χ4n) is 2.74. The first-order valence-corrected chi connectivity index (χ1v) is 9.01. The summed E-state index contributed by atoms with van der Waals surface area (Å²) in [6.07, 6.45) is 3.31. The highest BCUT2D eigenvalue weighted by molar-refractivity contribution is 6.31. The molecule has 5 nitrogen and oxygen atoms in total. The highest BCUT2D eigenvalue weighted by atomic mass is 35.5. The van der Waals surface area contributed by atoms with E-state index in [1.54, 1.807) is 65.5 Å². The molecule has 3 aromatic rings. The number of halogens is 1. The number of Topliss-reactive ketones (excluding diaryl/α,β-unsaturated/α-hetero) is 1. The summed E-state index contributed by atoms with van der Waals surface area (Å²) in [5.74, 6) is -0.636. The van der Waals surface area contributed by atoms with Crippen LogP contribution in [0.4, 0.5) is 5.69 Å². The van der Waals surface area contributed by atoms with Crippen LogP contribution in [0.2, 0.25) is 5.02 Å². The van der Waals surface area contributed by atoms with E-state index in [0.29, 0.717) is 27.4 Å². The predicted octanol–water partition coefficient (Wildman–Crippen LogP) is 3.70. The maximum absolute atomic E-state index is 12.8. The average molecular weight is 394 g/mol. The van der Waals surface area contributed by atoms with Gasteiger partial charge in [0.1, 0.15) is 0 Å². The Morgan fingerprint density at radius 3 is 2.39 bits per heavy atom. The number of nitrogens with zero attached hydrogens (tertiary/aromatic N) is 1. The van der Waals surface area contributed by atoms with E-state index in [9.17, 15) is 14.4 Å². The summed E-state index contributed by atoms with van der Waals surface area (Å²) >= 11 is 6.06. The Balaban J connectivity index is 1.82. The average Bonchev–Trinajstić information content (AvgIpc) is 2.69. The largest absolute Gasteiger partial charge is 0.320 e. The van der Waals surface area contributed by atoms with Crippen LogP contribution in [0.15, 0.2) is 73.1 Å². The smallest absolute Gasteiger partial charge is 0.290 e. The number of benzene rings is 2. The first-order chi connectivity index (χ1) is 13.4. The van der Waals surface area contributed by atoms with Gasteiger partial charge in [-0.05, 0) is 31.2 Å². The van der Waals surface area contributed by atoms with Crippen molar-refractivity contribution >= 4 is 34.8 Å². The molecule has 0 unspecified atom stereocenters. The molecule has 0 radical (unpaired) electrons. The molecule has 0 aliphatic carbocycles. The molecule has 0 bridgehead atoms. The molecular weight excluding hydrogens is 376 g/mol. The van der Waals surface area contributed by atoms with E-state index < -0.39 is 0 Å². The summed E-state index contributed by atoms with van der Waals surface area (Å²) in [5.41, 5.74) is 1.71. The lowest BCUT2D eigenvalue weighted by molar-refractivity contribution is -0.684. The van der Waals surface area contributed by atoms with E-state index in [-0.39, 0.29) is 24.0 Å². The van der Waals surface area contributed by atoms with Gasteiger partial charge in [0.25, 0.3) is 5.91 Å². The van der Waals surface area contributed by atoms with Gasteiger partial charge < -0.3 is 5.32 Å². The van der Waals surface area contributed by atoms with Crippen LogP contribution >= 0.6 is 11.6 Å². The number of pyridine rings is 1. The van der Waals surface area contributed by atoms with Crippen molar-refractivity contribution in [3.8, 4) is 0 Å². The minimum Gasteiger partial charge on any atom is -0.320 e. The van der Waals surface area contributed by atoms with E-state index in [1.807, 2.05) is 6.07 Å². The van der Waals surface area contributed by atoms with Crippen LogP contribution in [-0.2, 0) is 11.3 Å². The zero-order valence-corrected chi connectivity index (χ0v) is 15.9. The van der Waals surface area contributed by atoms with E-state index >= 15 is 0 Å². The molecule has 0 fully saturated rings. The van der Waals surface area contributed by atoms with Crippen molar-refractivity contribution in [2.24, 2.45) is 0 Å². The fraction of sp³-hybridized carbons (Fsp3) is 0.0909. The third-order valence-electron chi connectivity index (χ3n) is 4.13. The molecule has 1 N–H and O–H groups in total. The number of nitrogens with one attached hydrogen (secondary N) is 1. The molecule has 140 valence electrons. The van der Waals surface area contributed by atoms with Gasteiger partial charge in [-0.1, -0.05) is 41.9 Å². The van der Waals surface area contributed by atoms with Gasteiger partial charge in [0.15, 0.2) is 24.0 Å². The van der Waals surface area contributed by atoms with Crippen molar-refractivity contribution in [1.82, 2.24) is 0 Å². The summed E-state index contributed by atoms with van der Waals surface area (Å²) in [6, 6.07) is 16.9. The molecule has 1 aromatic heterocycles. The second-order valence-electron chi connectivity index (χ2n) is 6.25. The molecule has 0 aliphatic heterocycles. The predicted molar refractivity (Wildman–Crippen MR) is 107 cm³/mol. The SMILES string of the molecule is CC(=O)c1ccc[n+](CC(=O)Nc2ccc(Cl)cc2C(=O)c2ccccc2)c1. The zero-order valence-electron chi connectivity index (χ0n) is 15.2. The summed E-state index contributed by atoms with van der Waals surface area (Å²) in [7, 11) is 0. The van der Waals surface area contributed by atoms with Gasteiger partial charge in [-0.15, -0.1) is 0 Å². The minimum atomic E-state index is -0.324. The van der Waals surface area contributed by atoms with Crippen LogP contribution in [-0.4, -0.2) is 17.5 Å². The molecule has 0 aliphatic rings.